The van der Waals surface area contributed by atoms with Gasteiger partial charge in [-0.3, -0.25) is 9.59 Å². The molecule has 0 bridgehead atoms. The Morgan fingerprint density at radius 1 is 1.24 bits per heavy atom. The molecule has 0 aromatic heterocycles. The van der Waals surface area contributed by atoms with E-state index in [4.69, 9.17) is 10.2 Å². The van der Waals surface area contributed by atoms with Gasteiger partial charge in [-0.25, -0.2) is 0 Å². The summed E-state index contributed by atoms with van der Waals surface area (Å²) >= 11 is 0. The van der Waals surface area contributed by atoms with Crippen LogP contribution in [0.1, 0.15) is 18.4 Å². The van der Waals surface area contributed by atoms with Crippen molar-refractivity contribution >= 4 is 25.7 Å². The lowest BCUT2D eigenvalue weighted by Gasteiger charge is -2.16. The van der Waals surface area contributed by atoms with Crippen LogP contribution in [0.3, 0.4) is 0 Å². The highest BCUT2D eigenvalue weighted by atomic mass is 31.1. The minimum absolute atomic E-state index is 0.000881. The molecule has 0 saturated carbocycles. The number of carbonyl (C=O) groups is 2. The van der Waals surface area contributed by atoms with Crippen LogP contribution >= 0.6 is 8.03 Å². The van der Waals surface area contributed by atoms with Crippen molar-refractivity contribution in [3.63, 3.8) is 0 Å². The van der Waals surface area contributed by atoms with Gasteiger partial charge in [-0.1, -0.05) is 6.07 Å². The minimum Gasteiger partial charge on any atom is -0.481 e. The summed E-state index contributed by atoms with van der Waals surface area (Å²) in [5, 5.41) is 20.3. The molecule has 11 heteroatoms. The summed E-state index contributed by atoms with van der Waals surface area (Å²) in [6.45, 7) is -0.399. The van der Waals surface area contributed by atoms with Gasteiger partial charge in [0.1, 0.15) is 5.92 Å². The lowest BCUT2D eigenvalue weighted by molar-refractivity contribution is -0.143. The normalized spacial score (nSPS) is 14.5. The third kappa shape index (κ3) is 6.67. The molecule has 1 rings (SSSR count). The predicted molar refractivity (Wildman–Crippen MR) is 81.5 cm³/mol. The lowest BCUT2D eigenvalue weighted by atomic mass is 9.99. The highest BCUT2D eigenvalue weighted by Gasteiger charge is 2.42. The Morgan fingerprint density at radius 3 is 2.36 bits per heavy atom. The lowest BCUT2D eigenvalue weighted by Crippen LogP contribution is -2.32. The fraction of sp³-hybridized carbons (Fsp3) is 0.429. The average molecular weight is 382 g/mol. The van der Waals surface area contributed by atoms with Crippen LogP contribution in [0.5, 0.6) is 0 Å². The van der Waals surface area contributed by atoms with Crippen LogP contribution in [-0.4, -0.2) is 39.2 Å². The van der Waals surface area contributed by atoms with Gasteiger partial charge in [0.25, 0.3) is 0 Å². The number of nitrogens with one attached hydrogen (secondary N) is 1. The molecule has 0 spiro atoms. The van der Waals surface area contributed by atoms with E-state index in [-0.39, 0.29) is 12.1 Å². The van der Waals surface area contributed by atoms with Gasteiger partial charge < -0.3 is 15.5 Å². The smallest absolute Gasteiger partial charge is 0.481 e. The van der Waals surface area contributed by atoms with Crippen LogP contribution in [0.15, 0.2) is 24.3 Å². The number of carboxylic acids is 2. The Labute approximate surface area is 141 Å². The van der Waals surface area contributed by atoms with E-state index in [1.54, 1.807) is 0 Å². The first-order chi connectivity index (χ1) is 11.5. The van der Waals surface area contributed by atoms with Crippen molar-refractivity contribution in [2.45, 2.75) is 24.7 Å². The van der Waals surface area contributed by atoms with Crippen molar-refractivity contribution < 1.29 is 42.4 Å². The second kappa shape index (κ2) is 8.77. The molecule has 7 nitrogen and oxygen atoms in total. The van der Waals surface area contributed by atoms with Gasteiger partial charge in [-0.2, -0.15) is 18.1 Å². The number of hydrogen-bond donors (Lipinski definition) is 4. The Hall–Kier alpha value is -2.19. The first-order valence-corrected chi connectivity index (χ1v) is 8.31. The van der Waals surface area contributed by atoms with Crippen molar-refractivity contribution in [1.82, 2.24) is 0 Å². The van der Waals surface area contributed by atoms with Crippen molar-refractivity contribution in [3.8, 4) is 0 Å². The summed E-state index contributed by atoms with van der Waals surface area (Å²) < 4.78 is 49.4. The van der Waals surface area contributed by atoms with Gasteiger partial charge in [-0.05, 0) is 29.2 Å². The Kier molecular flexibility index (Phi) is 7.32. The quantitative estimate of drug-likeness (QED) is 0.484. The summed E-state index contributed by atoms with van der Waals surface area (Å²) in [6, 6.07) is 4.07. The third-order valence-electron chi connectivity index (χ3n) is 3.44. The number of benzene rings is 1. The van der Waals surface area contributed by atoms with E-state index in [1.165, 1.54) is 6.07 Å². The number of aliphatic carboxylic acids is 2. The summed E-state index contributed by atoms with van der Waals surface area (Å²) in [5.41, 5.74) is -2.29. The van der Waals surface area contributed by atoms with Gasteiger partial charge in [0.2, 0.25) is 5.66 Å². The van der Waals surface area contributed by atoms with Crippen LogP contribution in [0.2, 0.25) is 0 Å². The molecule has 0 amide bonds. The van der Waals surface area contributed by atoms with Gasteiger partial charge in [0, 0.05) is 12.1 Å². The maximum atomic E-state index is 12.7. The molecule has 0 heterocycles. The van der Waals surface area contributed by atoms with Crippen LogP contribution < -0.4 is 5.32 Å². The molecule has 4 N–H and O–H groups in total. The molecular formula is C14H16F3NO6P+. The highest BCUT2D eigenvalue weighted by molar-refractivity contribution is 7.39. The van der Waals surface area contributed by atoms with Crippen LogP contribution in [0.4, 0.5) is 18.9 Å². The maximum Gasteiger partial charge on any atom is 0.511 e. The Morgan fingerprint density at radius 2 is 1.88 bits per heavy atom. The molecule has 3 atom stereocenters. The number of rotatable bonds is 9. The number of halogens is 3. The number of carboxylic acid groups (broad SMARTS) is 2. The molecule has 0 aliphatic rings. The van der Waals surface area contributed by atoms with E-state index in [0.29, 0.717) is 0 Å². The number of hydrogen-bond acceptors (Lipinski definition) is 4. The zero-order valence-electron chi connectivity index (χ0n) is 12.7. The van der Waals surface area contributed by atoms with E-state index in [0.717, 1.165) is 18.2 Å². The van der Waals surface area contributed by atoms with Crippen molar-refractivity contribution in [2.75, 3.05) is 11.9 Å². The second-order valence-corrected chi connectivity index (χ2v) is 6.47. The zero-order chi connectivity index (χ0) is 19.2. The van der Waals surface area contributed by atoms with E-state index in [1.807, 2.05) is 0 Å². The molecule has 0 aliphatic heterocycles. The van der Waals surface area contributed by atoms with Gasteiger partial charge in [0.15, 0.2) is 0 Å². The second-order valence-electron chi connectivity index (χ2n) is 5.21. The molecule has 0 aliphatic carbocycles. The standard InChI is InChI=1S/C14H15F3NO6P/c15-14(16,17)8-2-1-3-9(6-8)18-7-11(25(23)24)10(13(21)22)4-5-12(19)20/h1-3,6,10-11,18H,4-5,7H2,(H2-,19,20,21,22,23,24)/p+1. The van der Waals surface area contributed by atoms with Gasteiger partial charge in [-0.15, -0.1) is 0 Å². The largest absolute Gasteiger partial charge is 0.511 e. The molecule has 138 valence electrons. The highest BCUT2D eigenvalue weighted by Crippen LogP contribution is 2.34. The van der Waals surface area contributed by atoms with Crippen molar-refractivity contribution in [3.05, 3.63) is 29.8 Å². The molecule has 3 unspecified atom stereocenters. The predicted octanol–water partition coefficient (Wildman–Crippen LogP) is 2.79. The third-order valence-corrected chi connectivity index (χ3v) is 4.55. The Bertz CT molecular complexity index is 652. The minimum atomic E-state index is -4.57. The maximum absolute atomic E-state index is 12.7. The molecule has 0 fully saturated rings. The van der Waals surface area contributed by atoms with E-state index in [2.05, 4.69) is 5.32 Å². The SMILES string of the molecule is O=C(O)CCC(C(=O)O)C(CNc1cccc(C(F)(F)F)c1)[P+](=O)O. The first-order valence-electron chi connectivity index (χ1n) is 7.03. The molecule has 25 heavy (non-hydrogen) atoms. The molecule has 0 saturated heterocycles. The average Bonchev–Trinajstić information content (AvgIpc) is 2.48. The van der Waals surface area contributed by atoms with Gasteiger partial charge >= 0.3 is 26.1 Å². The Balaban J connectivity index is 2.89. The summed E-state index contributed by atoms with van der Waals surface area (Å²) in [6.07, 6.45) is -5.45. The number of alkyl halides is 3. The van der Waals surface area contributed by atoms with Crippen LogP contribution in [-0.2, 0) is 20.3 Å². The summed E-state index contributed by atoms with van der Waals surface area (Å²) in [7, 11) is -3.00. The van der Waals surface area contributed by atoms with Crippen LogP contribution in [0.25, 0.3) is 0 Å². The molecule has 1 aromatic carbocycles. The van der Waals surface area contributed by atoms with E-state index in [9.17, 15) is 32.2 Å². The fourth-order valence-electron chi connectivity index (χ4n) is 2.16. The molecule has 1 aromatic rings. The number of anilines is 1. The molecular weight excluding hydrogens is 366 g/mol. The van der Waals surface area contributed by atoms with Crippen LogP contribution in [0, 0.1) is 5.92 Å². The van der Waals surface area contributed by atoms with Crippen molar-refractivity contribution in [1.29, 1.82) is 0 Å². The van der Waals surface area contributed by atoms with E-state index < -0.39 is 56.2 Å². The topological polar surface area (TPSA) is 124 Å². The van der Waals surface area contributed by atoms with E-state index >= 15 is 0 Å². The monoisotopic (exact) mass is 382 g/mol. The first kappa shape index (κ1) is 20.9. The fourth-order valence-corrected chi connectivity index (χ4v) is 2.99. The summed E-state index contributed by atoms with van der Waals surface area (Å²) in [4.78, 5) is 31.2. The van der Waals surface area contributed by atoms with Crippen molar-refractivity contribution in [2.24, 2.45) is 5.92 Å². The zero-order valence-corrected chi connectivity index (χ0v) is 13.6. The van der Waals surface area contributed by atoms with Gasteiger partial charge in [0.05, 0.1) is 12.1 Å². The molecule has 0 radical (unpaired) electrons. The summed E-state index contributed by atoms with van der Waals surface area (Å²) in [5.74, 6) is -4.14.